The summed E-state index contributed by atoms with van der Waals surface area (Å²) < 4.78 is 15.4. The number of nitrogens with one attached hydrogen (secondary N) is 1. The van der Waals surface area contributed by atoms with E-state index in [0.29, 0.717) is 12.2 Å². The van der Waals surface area contributed by atoms with Crippen molar-refractivity contribution >= 4 is 5.91 Å². The van der Waals surface area contributed by atoms with E-state index in [1.54, 1.807) is 25.1 Å². The van der Waals surface area contributed by atoms with E-state index >= 15 is 0 Å². The van der Waals surface area contributed by atoms with Crippen LogP contribution in [-0.2, 0) is 0 Å². The van der Waals surface area contributed by atoms with Gasteiger partial charge >= 0.3 is 0 Å². The number of carbonyl (C=O) groups is 1. The number of rotatable bonds is 7. The Morgan fingerprint density at radius 3 is 2.69 bits per heavy atom. The standard InChI is InChI=1S/C22H29FN4O2/c1-16-9-13-26(14-10-16)12-6-5-11-24-22(29)21-20(28)15-17(2)27(25-21)19-8-4-3-7-18(19)23/h3-4,7-8,15-16H,5-6,9-14H2,1-2H3,(H,24,29). The lowest BCUT2D eigenvalue weighted by molar-refractivity contribution is 0.0944. The SMILES string of the molecule is Cc1cc(=O)c(C(=O)NCCCCN2CCC(C)CC2)nn1-c1ccccc1F. The number of halogens is 1. The van der Waals surface area contributed by atoms with Crippen molar-refractivity contribution in [2.45, 2.75) is 39.5 Å². The highest BCUT2D eigenvalue weighted by Crippen LogP contribution is 2.16. The normalized spacial score (nSPS) is 15.4. The number of aromatic nitrogens is 2. The summed E-state index contributed by atoms with van der Waals surface area (Å²) in [5.41, 5.74) is -0.0127. The average Bonchev–Trinajstić information content (AvgIpc) is 2.70. The average molecular weight is 400 g/mol. The first kappa shape index (κ1) is 21.2. The summed E-state index contributed by atoms with van der Waals surface area (Å²) >= 11 is 0. The Kier molecular flexibility index (Phi) is 7.14. The van der Waals surface area contributed by atoms with Crippen molar-refractivity contribution in [3.05, 3.63) is 57.8 Å². The molecule has 0 unspecified atom stereocenters. The van der Waals surface area contributed by atoms with Gasteiger partial charge in [-0.3, -0.25) is 9.59 Å². The van der Waals surface area contributed by atoms with Crippen LogP contribution in [0.5, 0.6) is 0 Å². The fourth-order valence-corrected chi connectivity index (χ4v) is 3.60. The number of amides is 1. The van der Waals surface area contributed by atoms with Crippen LogP contribution < -0.4 is 10.7 Å². The number of unbranched alkanes of at least 4 members (excludes halogenated alkanes) is 1. The Bertz CT molecular complexity index is 904. The van der Waals surface area contributed by atoms with Crippen molar-refractivity contribution < 1.29 is 9.18 Å². The predicted molar refractivity (Wildman–Crippen MR) is 111 cm³/mol. The van der Waals surface area contributed by atoms with Gasteiger partial charge in [-0.05, 0) is 70.3 Å². The summed E-state index contributed by atoms with van der Waals surface area (Å²) in [4.78, 5) is 27.2. The van der Waals surface area contributed by atoms with Crippen LogP contribution in [0.25, 0.3) is 5.69 Å². The van der Waals surface area contributed by atoms with Gasteiger partial charge in [0.15, 0.2) is 5.69 Å². The molecule has 1 amide bonds. The first-order chi connectivity index (χ1) is 14.0. The molecule has 7 heteroatoms. The highest BCUT2D eigenvalue weighted by atomic mass is 19.1. The fourth-order valence-electron chi connectivity index (χ4n) is 3.60. The molecule has 1 N–H and O–H groups in total. The fraction of sp³-hybridized carbons (Fsp3) is 0.500. The summed E-state index contributed by atoms with van der Waals surface area (Å²) in [6.07, 6.45) is 4.34. The van der Waals surface area contributed by atoms with Crippen molar-refractivity contribution in [3.8, 4) is 5.69 Å². The number of hydrogen-bond donors (Lipinski definition) is 1. The lowest BCUT2D eigenvalue weighted by Crippen LogP contribution is -2.35. The van der Waals surface area contributed by atoms with Crippen molar-refractivity contribution in [1.82, 2.24) is 20.0 Å². The Labute approximate surface area is 170 Å². The summed E-state index contributed by atoms with van der Waals surface area (Å²) in [5, 5.41) is 6.90. The van der Waals surface area contributed by atoms with E-state index in [9.17, 15) is 14.0 Å². The number of hydrogen-bond acceptors (Lipinski definition) is 4. The van der Waals surface area contributed by atoms with Gasteiger partial charge in [0.05, 0.1) is 0 Å². The van der Waals surface area contributed by atoms with Gasteiger partial charge in [-0.2, -0.15) is 5.10 Å². The third-order valence-electron chi connectivity index (χ3n) is 5.47. The maximum absolute atomic E-state index is 14.1. The summed E-state index contributed by atoms with van der Waals surface area (Å²) in [6, 6.07) is 7.45. The van der Waals surface area contributed by atoms with E-state index in [2.05, 4.69) is 22.2 Å². The third kappa shape index (κ3) is 5.50. The van der Waals surface area contributed by atoms with Gasteiger partial charge in [0.25, 0.3) is 5.91 Å². The molecule has 1 aliphatic rings. The first-order valence-corrected chi connectivity index (χ1v) is 10.3. The highest BCUT2D eigenvalue weighted by Gasteiger charge is 2.17. The molecule has 2 heterocycles. The van der Waals surface area contributed by atoms with Crippen molar-refractivity contribution in [2.75, 3.05) is 26.2 Å². The smallest absolute Gasteiger partial charge is 0.275 e. The predicted octanol–water partition coefficient (Wildman–Crippen LogP) is 2.92. The maximum Gasteiger partial charge on any atom is 0.275 e. The molecule has 1 aliphatic heterocycles. The van der Waals surface area contributed by atoms with Crippen LogP contribution in [0.4, 0.5) is 4.39 Å². The second kappa shape index (κ2) is 9.78. The molecule has 1 fully saturated rings. The topological polar surface area (TPSA) is 67.2 Å². The van der Waals surface area contributed by atoms with E-state index in [1.165, 1.54) is 29.7 Å². The zero-order chi connectivity index (χ0) is 20.8. The molecule has 0 saturated carbocycles. The summed E-state index contributed by atoms with van der Waals surface area (Å²) in [5.74, 6) is -0.168. The van der Waals surface area contributed by atoms with Crippen LogP contribution in [0.2, 0.25) is 0 Å². The summed E-state index contributed by atoms with van der Waals surface area (Å²) in [6.45, 7) is 7.77. The number of nitrogens with zero attached hydrogens (tertiary/aromatic N) is 3. The molecule has 0 bridgehead atoms. The molecule has 1 aromatic heterocycles. The molecular weight excluding hydrogens is 371 g/mol. The Balaban J connectivity index is 1.56. The van der Waals surface area contributed by atoms with Crippen LogP contribution in [0.15, 0.2) is 35.1 Å². The number of para-hydroxylation sites is 1. The minimum atomic E-state index is -0.521. The largest absolute Gasteiger partial charge is 0.351 e. The minimum absolute atomic E-state index is 0.204. The second-order valence-corrected chi connectivity index (χ2v) is 7.85. The van der Waals surface area contributed by atoms with Crippen LogP contribution >= 0.6 is 0 Å². The molecule has 6 nitrogen and oxygen atoms in total. The molecule has 3 rings (SSSR count). The van der Waals surface area contributed by atoms with Gasteiger partial charge in [-0.15, -0.1) is 0 Å². The quantitative estimate of drug-likeness (QED) is 0.726. The van der Waals surface area contributed by atoms with E-state index in [-0.39, 0.29) is 11.4 Å². The number of aryl methyl sites for hydroxylation is 1. The molecule has 0 atom stereocenters. The van der Waals surface area contributed by atoms with Gasteiger partial charge in [0.2, 0.25) is 5.43 Å². The van der Waals surface area contributed by atoms with E-state index < -0.39 is 17.2 Å². The molecule has 0 spiro atoms. The molecule has 1 aromatic carbocycles. The maximum atomic E-state index is 14.1. The minimum Gasteiger partial charge on any atom is -0.351 e. The number of likely N-dealkylation sites (tertiary alicyclic amines) is 1. The van der Waals surface area contributed by atoms with Gasteiger partial charge < -0.3 is 10.2 Å². The second-order valence-electron chi connectivity index (χ2n) is 7.85. The Hall–Kier alpha value is -2.54. The van der Waals surface area contributed by atoms with Gasteiger partial charge in [-0.1, -0.05) is 19.1 Å². The van der Waals surface area contributed by atoms with E-state index in [0.717, 1.165) is 38.4 Å². The molecule has 2 aromatic rings. The van der Waals surface area contributed by atoms with Gasteiger partial charge in [0.1, 0.15) is 11.5 Å². The molecule has 156 valence electrons. The van der Waals surface area contributed by atoms with Crippen LogP contribution in [0.3, 0.4) is 0 Å². The third-order valence-corrected chi connectivity index (χ3v) is 5.47. The van der Waals surface area contributed by atoms with Crippen LogP contribution in [-0.4, -0.2) is 46.8 Å². The summed E-state index contributed by atoms with van der Waals surface area (Å²) in [7, 11) is 0. The Morgan fingerprint density at radius 2 is 1.97 bits per heavy atom. The van der Waals surface area contributed by atoms with E-state index in [1.807, 2.05) is 0 Å². The van der Waals surface area contributed by atoms with E-state index in [4.69, 9.17) is 0 Å². The molecule has 29 heavy (non-hydrogen) atoms. The zero-order valence-electron chi connectivity index (χ0n) is 17.2. The molecule has 0 radical (unpaired) electrons. The molecule has 1 saturated heterocycles. The van der Waals surface area contributed by atoms with Crippen molar-refractivity contribution in [1.29, 1.82) is 0 Å². The number of carbonyl (C=O) groups excluding carboxylic acids is 1. The van der Waals surface area contributed by atoms with Gasteiger partial charge in [-0.25, -0.2) is 9.07 Å². The Morgan fingerprint density at radius 1 is 1.24 bits per heavy atom. The van der Waals surface area contributed by atoms with Crippen molar-refractivity contribution in [3.63, 3.8) is 0 Å². The van der Waals surface area contributed by atoms with Crippen LogP contribution in [0.1, 0.15) is 48.8 Å². The molecule has 0 aliphatic carbocycles. The molecular formula is C22H29FN4O2. The first-order valence-electron chi connectivity index (χ1n) is 10.3. The lowest BCUT2D eigenvalue weighted by Gasteiger charge is -2.30. The van der Waals surface area contributed by atoms with Crippen LogP contribution in [0, 0.1) is 18.7 Å². The lowest BCUT2D eigenvalue weighted by atomic mass is 9.99. The highest BCUT2D eigenvalue weighted by molar-refractivity contribution is 5.92. The van der Waals surface area contributed by atoms with Crippen molar-refractivity contribution in [2.24, 2.45) is 5.92 Å². The number of benzene rings is 1. The zero-order valence-corrected chi connectivity index (χ0v) is 17.2. The number of piperidine rings is 1. The van der Waals surface area contributed by atoms with Gasteiger partial charge in [0, 0.05) is 18.3 Å². The monoisotopic (exact) mass is 400 g/mol.